The maximum atomic E-state index is 12.0. The molecule has 1 aliphatic rings. The predicted octanol–water partition coefficient (Wildman–Crippen LogP) is 0.642. The smallest absolute Gasteiger partial charge is 0.229 e. The Morgan fingerprint density at radius 3 is 2.82 bits per heavy atom. The Morgan fingerprint density at radius 1 is 1.59 bits per heavy atom. The number of anilines is 1. The lowest BCUT2D eigenvalue weighted by atomic mass is 9.85. The molecule has 6 nitrogen and oxygen atoms in total. The minimum absolute atomic E-state index is 0.0131. The Morgan fingerprint density at radius 2 is 2.27 bits per heavy atom. The van der Waals surface area contributed by atoms with E-state index in [1.165, 1.54) is 0 Å². The first-order chi connectivity index (χ1) is 10.3. The lowest BCUT2D eigenvalue weighted by Crippen LogP contribution is -2.39. The van der Waals surface area contributed by atoms with E-state index in [4.69, 9.17) is 0 Å². The van der Waals surface area contributed by atoms with Crippen LogP contribution in [0, 0.1) is 3.57 Å². The van der Waals surface area contributed by atoms with E-state index in [1.54, 1.807) is 13.2 Å². The van der Waals surface area contributed by atoms with Crippen LogP contribution < -0.4 is 10.2 Å². The highest BCUT2D eigenvalue weighted by atomic mass is 127. The molecule has 1 aromatic rings. The number of pyridine rings is 1. The fraction of sp³-hybridized carbons (Fsp3) is 0.600. The van der Waals surface area contributed by atoms with Crippen LogP contribution in [0.15, 0.2) is 12.3 Å². The molecule has 0 aromatic carbocycles. The number of aliphatic hydroxyl groups excluding tert-OH is 2. The first-order valence-electron chi connectivity index (χ1n) is 7.25. The molecule has 1 fully saturated rings. The molecule has 2 atom stereocenters. The standard InChI is InChI=1S/C15H22IN3O3/c1-15(2,14(22)17-3)11-6-18-13(5-12(11)16)19-7-10(21)4-9(19)8-20/h5-6,9-10,20-21H,4,7-8H2,1-3H3,(H,17,22). The number of β-amino-alcohol motifs (C(OH)–C–C–N with tert-alkyl or cyclic N) is 1. The maximum absolute atomic E-state index is 12.0. The number of hydrogen-bond donors (Lipinski definition) is 3. The zero-order valence-electron chi connectivity index (χ0n) is 13.0. The fourth-order valence-corrected chi connectivity index (χ4v) is 3.91. The van der Waals surface area contributed by atoms with Gasteiger partial charge in [-0.1, -0.05) is 0 Å². The van der Waals surface area contributed by atoms with Gasteiger partial charge in [-0.2, -0.15) is 0 Å². The summed E-state index contributed by atoms with van der Waals surface area (Å²) >= 11 is 2.20. The summed E-state index contributed by atoms with van der Waals surface area (Å²) < 4.78 is 0.939. The molecule has 0 saturated carbocycles. The first-order valence-corrected chi connectivity index (χ1v) is 8.33. The second-order valence-corrected chi connectivity index (χ2v) is 7.27. The van der Waals surface area contributed by atoms with Gasteiger partial charge in [0.05, 0.1) is 24.2 Å². The van der Waals surface area contributed by atoms with E-state index in [0.29, 0.717) is 13.0 Å². The summed E-state index contributed by atoms with van der Waals surface area (Å²) in [6.07, 6.45) is 1.81. The average molecular weight is 419 g/mol. The fourth-order valence-electron chi connectivity index (χ4n) is 2.82. The highest BCUT2D eigenvalue weighted by molar-refractivity contribution is 14.1. The molecule has 7 heteroatoms. The number of aliphatic hydroxyl groups is 2. The second kappa shape index (κ2) is 6.67. The van der Waals surface area contributed by atoms with E-state index in [-0.39, 0.29) is 18.6 Å². The van der Waals surface area contributed by atoms with Crippen molar-refractivity contribution in [1.29, 1.82) is 0 Å². The molecular formula is C15H22IN3O3. The number of carbonyl (C=O) groups is 1. The molecule has 122 valence electrons. The number of likely N-dealkylation sites (N-methyl/N-ethyl adjacent to an activating group) is 1. The Balaban J connectivity index is 2.32. The van der Waals surface area contributed by atoms with Crippen molar-refractivity contribution in [3.8, 4) is 0 Å². The Labute approximate surface area is 144 Å². The molecule has 0 bridgehead atoms. The maximum Gasteiger partial charge on any atom is 0.229 e. The van der Waals surface area contributed by atoms with Crippen LogP contribution >= 0.6 is 22.6 Å². The molecule has 0 aliphatic carbocycles. The van der Waals surface area contributed by atoms with Crippen LogP contribution in [0.5, 0.6) is 0 Å². The van der Waals surface area contributed by atoms with Crippen molar-refractivity contribution in [3.63, 3.8) is 0 Å². The van der Waals surface area contributed by atoms with Gasteiger partial charge in [0.15, 0.2) is 0 Å². The number of carbonyl (C=O) groups excluding carboxylic acids is 1. The Bertz CT molecular complexity index is 565. The number of halogens is 1. The third-order valence-electron chi connectivity index (χ3n) is 4.20. The molecule has 2 heterocycles. The van der Waals surface area contributed by atoms with E-state index < -0.39 is 11.5 Å². The van der Waals surface area contributed by atoms with Gasteiger partial charge in [-0.15, -0.1) is 0 Å². The van der Waals surface area contributed by atoms with E-state index >= 15 is 0 Å². The third kappa shape index (κ3) is 3.21. The predicted molar refractivity (Wildman–Crippen MR) is 92.9 cm³/mol. The molecule has 3 N–H and O–H groups in total. The topological polar surface area (TPSA) is 85.7 Å². The molecule has 2 unspecified atom stereocenters. The summed E-state index contributed by atoms with van der Waals surface area (Å²) in [4.78, 5) is 18.4. The molecule has 2 rings (SSSR count). The van der Waals surface area contributed by atoms with Crippen LogP contribution in [0.3, 0.4) is 0 Å². The van der Waals surface area contributed by atoms with E-state index in [2.05, 4.69) is 32.9 Å². The third-order valence-corrected chi connectivity index (χ3v) is 5.10. The Kier molecular flexibility index (Phi) is 5.29. The number of nitrogens with one attached hydrogen (secondary N) is 1. The summed E-state index contributed by atoms with van der Waals surface area (Å²) in [6.45, 7) is 4.18. The van der Waals surface area contributed by atoms with Gasteiger partial charge in [0.1, 0.15) is 5.82 Å². The highest BCUT2D eigenvalue weighted by Gasteiger charge is 2.34. The zero-order chi connectivity index (χ0) is 16.5. The lowest BCUT2D eigenvalue weighted by Gasteiger charge is -2.27. The van der Waals surface area contributed by atoms with Crippen LogP contribution in [0.2, 0.25) is 0 Å². The van der Waals surface area contributed by atoms with E-state index in [1.807, 2.05) is 24.8 Å². The van der Waals surface area contributed by atoms with Gasteiger partial charge in [0.2, 0.25) is 5.91 Å². The number of amides is 1. The normalized spacial score (nSPS) is 22.0. The average Bonchev–Trinajstić information content (AvgIpc) is 2.86. The van der Waals surface area contributed by atoms with Gasteiger partial charge < -0.3 is 20.4 Å². The SMILES string of the molecule is CNC(=O)C(C)(C)c1cnc(N2CC(O)CC2CO)cc1I. The summed E-state index contributed by atoms with van der Waals surface area (Å²) in [5, 5.41) is 21.9. The number of hydrogen-bond acceptors (Lipinski definition) is 5. The summed E-state index contributed by atoms with van der Waals surface area (Å²) in [7, 11) is 1.62. The molecule has 0 spiro atoms. The molecular weight excluding hydrogens is 397 g/mol. The Hall–Kier alpha value is -0.930. The summed E-state index contributed by atoms with van der Waals surface area (Å²) in [5.41, 5.74) is 0.189. The number of aromatic nitrogens is 1. The second-order valence-electron chi connectivity index (χ2n) is 6.10. The monoisotopic (exact) mass is 419 g/mol. The van der Waals surface area contributed by atoms with Crippen molar-refractivity contribution < 1.29 is 15.0 Å². The van der Waals surface area contributed by atoms with Crippen LogP contribution in [-0.4, -0.2) is 53.4 Å². The van der Waals surface area contributed by atoms with Gasteiger partial charge >= 0.3 is 0 Å². The lowest BCUT2D eigenvalue weighted by molar-refractivity contribution is -0.125. The van der Waals surface area contributed by atoms with Crippen molar-refractivity contribution in [3.05, 3.63) is 21.4 Å². The van der Waals surface area contributed by atoms with Gasteiger partial charge in [-0.3, -0.25) is 4.79 Å². The number of rotatable bonds is 4. The van der Waals surface area contributed by atoms with Gasteiger partial charge in [0.25, 0.3) is 0 Å². The van der Waals surface area contributed by atoms with Crippen LogP contribution in [0.4, 0.5) is 5.82 Å². The molecule has 1 amide bonds. The van der Waals surface area contributed by atoms with Gasteiger partial charge in [-0.25, -0.2) is 4.98 Å². The number of nitrogens with zero attached hydrogens (tertiary/aromatic N) is 2. The highest BCUT2D eigenvalue weighted by Crippen LogP contribution is 2.31. The molecule has 1 aliphatic heterocycles. The van der Waals surface area contributed by atoms with E-state index in [0.717, 1.165) is 15.0 Å². The quantitative estimate of drug-likeness (QED) is 0.624. The molecule has 22 heavy (non-hydrogen) atoms. The summed E-state index contributed by atoms with van der Waals surface area (Å²) in [6, 6.07) is 1.79. The van der Waals surface area contributed by atoms with E-state index in [9.17, 15) is 15.0 Å². The van der Waals surface area contributed by atoms with Gasteiger partial charge in [0, 0.05) is 23.4 Å². The van der Waals surface area contributed by atoms with Gasteiger partial charge in [-0.05, 0) is 54.5 Å². The summed E-state index contributed by atoms with van der Waals surface area (Å²) in [5.74, 6) is 0.654. The van der Waals surface area contributed by atoms with Crippen molar-refractivity contribution in [2.75, 3.05) is 25.1 Å². The van der Waals surface area contributed by atoms with Crippen molar-refractivity contribution in [1.82, 2.24) is 10.3 Å². The first kappa shape index (κ1) is 17.4. The molecule has 1 aromatic heterocycles. The van der Waals surface area contributed by atoms with Crippen molar-refractivity contribution in [2.45, 2.75) is 37.8 Å². The van der Waals surface area contributed by atoms with Crippen molar-refractivity contribution in [2.24, 2.45) is 0 Å². The molecule has 0 radical (unpaired) electrons. The minimum Gasteiger partial charge on any atom is -0.394 e. The zero-order valence-corrected chi connectivity index (χ0v) is 15.2. The minimum atomic E-state index is -0.669. The molecule has 1 saturated heterocycles. The van der Waals surface area contributed by atoms with Crippen LogP contribution in [0.1, 0.15) is 25.8 Å². The van der Waals surface area contributed by atoms with Crippen LogP contribution in [-0.2, 0) is 10.2 Å². The largest absolute Gasteiger partial charge is 0.394 e. The van der Waals surface area contributed by atoms with Crippen LogP contribution in [0.25, 0.3) is 0 Å². The van der Waals surface area contributed by atoms with Crippen molar-refractivity contribution >= 4 is 34.3 Å².